The van der Waals surface area contributed by atoms with E-state index in [1.807, 2.05) is 0 Å². The van der Waals surface area contributed by atoms with Crippen LogP contribution in [0.25, 0.3) is 4.96 Å². The third-order valence-corrected chi connectivity index (χ3v) is 5.01. The molecule has 2 rings (SSSR count). The molecule has 118 valence electrons. The summed E-state index contributed by atoms with van der Waals surface area (Å²) in [5, 5.41) is 2.95. The van der Waals surface area contributed by atoms with E-state index < -0.39 is 0 Å². The number of imidazole rings is 1. The Morgan fingerprint density at radius 3 is 2.33 bits per heavy atom. The SMILES string of the molecule is CC(C)CCN(CCC(C)C)c1nc2sccn2c1CBr. The van der Waals surface area contributed by atoms with Gasteiger partial charge in [0.1, 0.15) is 0 Å². The van der Waals surface area contributed by atoms with Crippen LogP contribution in [-0.4, -0.2) is 22.5 Å². The van der Waals surface area contributed by atoms with Crippen LogP contribution in [-0.2, 0) is 5.33 Å². The van der Waals surface area contributed by atoms with E-state index in [1.54, 1.807) is 11.3 Å². The molecule has 2 aromatic heterocycles. The lowest BCUT2D eigenvalue weighted by Crippen LogP contribution is -2.28. The Bertz CT molecular complexity index is 547. The molecule has 21 heavy (non-hydrogen) atoms. The molecule has 5 heteroatoms. The Morgan fingerprint density at radius 2 is 1.81 bits per heavy atom. The van der Waals surface area contributed by atoms with Crippen LogP contribution < -0.4 is 4.90 Å². The zero-order valence-electron chi connectivity index (χ0n) is 13.5. The number of nitrogens with zero attached hydrogens (tertiary/aromatic N) is 3. The summed E-state index contributed by atoms with van der Waals surface area (Å²) in [5.41, 5.74) is 1.28. The van der Waals surface area contributed by atoms with Crippen LogP contribution in [0.3, 0.4) is 0 Å². The van der Waals surface area contributed by atoms with Gasteiger partial charge in [-0.05, 0) is 24.7 Å². The summed E-state index contributed by atoms with van der Waals surface area (Å²) in [5.74, 6) is 2.62. The topological polar surface area (TPSA) is 20.5 Å². The Morgan fingerprint density at radius 1 is 1.19 bits per heavy atom. The van der Waals surface area contributed by atoms with Crippen LogP contribution in [0.15, 0.2) is 11.6 Å². The van der Waals surface area contributed by atoms with Crippen LogP contribution in [0, 0.1) is 11.8 Å². The first-order valence-corrected chi connectivity index (χ1v) is 9.78. The molecule has 0 spiro atoms. The molecule has 0 amide bonds. The minimum absolute atomic E-state index is 0.725. The molecule has 0 fully saturated rings. The van der Waals surface area contributed by atoms with Crippen LogP contribution in [0.2, 0.25) is 0 Å². The molecule has 3 nitrogen and oxygen atoms in total. The quantitative estimate of drug-likeness (QED) is 0.595. The van der Waals surface area contributed by atoms with Crippen molar-refractivity contribution >= 4 is 38.0 Å². The van der Waals surface area contributed by atoms with Crippen LogP contribution in [0.5, 0.6) is 0 Å². The van der Waals surface area contributed by atoms with E-state index in [4.69, 9.17) is 4.98 Å². The van der Waals surface area contributed by atoms with Gasteiger partial charge in [-0.1, -0.05) is 43.6 Å². The highest BCUT2D eigenvalue weighted by Gasteiger charge is 2.18. The van der Waals surface area contributed by atoms with Crippen molar-refractivity contribution in [2.45, 2.75) is 45.9 Å². The summed E-state index contributed by atoms with van der Waals surface area (Å²) in [6.45, 7) is 11.3. The van der Waals surface area contributed by atoms with Gasteiger partial charge in [0.05, 0.1) is 5.69 Å². The van der Waals surface area contributed by atoms with Gasteiger partial charge in [0.25, 0.3) is 0 Å². The number of hydrogen-bond acceptors (Lipinski definition) is 3. The molecule has 0 aliphatic rings. The molecule has 0 saturated carbocycles. The zero-order valence-corrected chi connectivity index (χ0v) is 15.9. The minimum atomic E-state index is 0.725. The molecule has 2 heterocycles. The first-order valence-electron chi connectivity index (χ1n) is 7.78. The largest absolute Gasteiger partial charge is 0.355 e. The van der Waals surface area contributed by atoms with E-state index in [-0.39, 0.29) is 0 Å². The predicted molar refractivity (Wildman–Crippen MR) is 96.8 cm³/mol. The molecule has 0 N–H and O–H groups in total. The number of anilines is 1. The van der Waals surface area contributed by atoms with Crippen LogP contribution in [0.4, 0.5) is 5.82 Å². The van der Waals surface area contributed by atoms with Gasteiger partial charge in [-0.3, -0.25) is 4.40 Å². The maximum absolute atomic E-state index is 4.88. The Hall–Kier alpha value is -0.550. The van der Waals surface area contributed by atoms with Gasteiger partial charge < -0.3 is 4.90 Å². The molecule has 0 radical (unpaired) electrons. The number of hydrogen-bond donors (Lipinski definition) is 0. The second-order valence-electron chi connectivity index (χ2n) is 6.42. The summed E-state index contributed by atoms with van der Waals surface area (Å²) < 4.78 is 2.21. The molecule has 0 unspecified atom stereocenters. The molecule has 0 saturated heterocycles. The van der Waals surface area contributed by atoms with Gasteiger partial charge in [-0.15, -0.1) is 11.3 Å². The summed E-state index contributed by atoms with van der Waals surface area (Å²) in [6, 6.07) is 0. The fourth-order valence-corrected chi connectivity index (χ4v) is 3.60. The summed E-state index contributed by atoms with van der Waals surface area (Å²) in [6.07, 6.45) is 4.55. The van der Waals surface area contributed by atoms with E-state index in [0.717, 1.165) is 35.2 Å². The maximum atomic E-state index is 4.88. The Kier molecular flexibility index (Phi) is 6.11. The number of halogens is 1. The third kappa shape index (κ3) is 4.22. The minimum Gasteiger partial charge on any atom is -0.355 e. The van der Waals surface area contributed by atoms with Crippen molar-refractivity contribution in [2.24, 2.45) is 11.8 Å². The average Bonchev–Trinajstić information content (AvgIpc) is 2.98. The van der Waals surface area contributed by atoms with E-state index >= 15 is 0 Å². The molecule has 0 aliphatic heterocycles. The lowest BCUT2D eigenvalue weighted by atomic mass is 10.1. The van der Waals surface area contributed by atoms with E-state index in [0.29, 0.717) is 0 Å². The lowest BCUT2D eigenvalue weighted by Gasteiger charge is -2.25. The summed E-state index contributed by atoms with van der Waals surface area (Å²) in [7, 11) is 0. The zero-order chi connectivity index (χ0) is 15.4. The Balaban J connectivity index is 2.25. The molecule has 0 aromatic carbocycles. The van der Waals surface area contributed by atoms with Crippen molar-refractivity contribution < 1.29 is 0 Å². The van der Waals surface area contributed by atoms with E-state index in [1.165, 1.54) is 24.4 Å². The van der Waals surface area contributed by atoms with Gasteiger partial charge in [-0.25, -0.2) is 4.98 Å². The van der Waals surface area contributed by atoms with Gasteiger partial charge in [-0.2, -0.15) is 0 Å². The predicted octanol–water partition coefficient (Wildman–Crippen LogP) is 5.19. The molecular weight excluding hydrogens is 346 g/mol. The van der Waals surface area contributed by atoms with Gasteiger partial charge in [0.15, 0.2) is 10.8 Å². The smallest absolute Gasteiger partial charge is 0.195 e. The van der Waals surface area contributed by atoms with Crippen molar-refractivity contribution in [3.63, 3.8) is 0 Å². The van der Waals surface area contributed by atoms with Gasteiger partial charge >= 0.3 is 0 Å². The van der Waals surface area contributed by atoms with Gasteiger partial charge in [0.2, 0.25) is 0 Å². The standard InChI is InChI=1S/C16H26BrN3S/c1-12(2)5-7-19(8-6-13(3)4)15-14(11-17)20-9-10-21-16(20)18-15/h9-10,12-13H,5-8,11H2,1-4H3. The molecular formula is C16H26BrN3S. The number of aromatic nitrogens is 2. The summed E-state index contributed by atoms with van der Waals surface area (Å²) >= 11 is 5.35. The lowest BCUT2D eigenvalue weighted by molar-refractivity contribution is 0.533. The van der Waals surface area contributed by atoms with Gasteiger partial charge in [0, 0.05) is 30.0 Å². The molecule has 0 aliphatic carbocycles. The summed E-state index contributed by atoms with van der Waals surface area (Å²) in [4.78, 5) is 8.46. The third-order valence-electron chi connectivity index (χ3n) is 3.72. The number of thiazole rings is 1. The molecule has 2 aromatic rings. The second kappa shape index (κ2) is 7.63. The van der Waals surface area contributed by atoms with Crippen molar-refractivity contribution in [3.05, 3.63) is 17.3 Å². The van der Waals surface area contributed by atoms with Crippen LogP contribution in [0.1, 0.15) is 46.2 Å². The Labute approximate surface area is 140 Å². The second-order valence-corrected chi connectivity index (χ2v) is 7.86. The maximum Gasteiger partial charge on any atom is 0.195 e. The number of alkyl halides is 1. The van der Waals surface area contributed by atoms with Crippen molar-refractivity contribution in [3.8, 4) is 0 Å². The fourth-order valence-electron chi connectivity index (χ4n) is 2.35. The highest BCUT2D eigenvalue weighted by Crippen LogP contribution is 2.27. The average molecular weight is 372 g/mol. The first-order chi connectivity index (χ1) is 10.0. The van der Waals surface area contributed by atoms with E-state index in [9.17, 15) is 0 Å². The first kappa shape index (κ1) is 16.8. The number of rotatable bonds is 8. The van der Waals surface area contributed by atoms with Crippen LogP contribution >= 0.6 is 27.3 Å². The molecule has 0 atom stereocenters. The van der Waals surface area contributed by atoms with E-state index in [2.05, 4.69) is 64.5 Å². The monoisotopic (exact) mass is 371 g/mol. The normalized spacial score (nSPS) is 12.0. The fraction of sp³-hybridized carbons (Fsp3) is 0.688. The van der Waals surface area contributed by atoms with Crippen molar-refractivity contribution in [1.82, 2.24) is 9.38 Å². The molecule has 0 bridgehead atoms. The highest BCUT2D eigenvalue weighted by molar-refractivity contribution is 9.08. The van der Waals surface area contributed by atoms with Crippen molar-refractivity contribution in [1.29, 1.82) is 0 Å². The number of fused-ring (bicyclic) bond motifs is 1. The highest BCUT2D eigenvalue weighted by atomic mass is 79.9. The van der Waals surface area contributed by atoms with Crippen molar-refractivity contribution in [2.75, 3.05) is 18.0 Å².